The molecule has 5 heteroatoms. The third-order valence-corrected chi connectivity index (χ3v) is 3.22. The molecule has 0 bridgehead atoms. The molecule has 0 atom stereocenters. The lowest BCUT2D eigenvalue weighted by Crippen LogP contribution is -2.44. The summed E-state index contributed by atoms with van der Waals surface area (Å²) in [5, 5.41) is 8.76. The van der Waals surface area contributed by atoms with E-state index in [1.807, 2.05) is 44.2 Å². The average Bonchev–Trinajstić information content (AvgIpc) is 2.49. The second-order valence-electron chi connectivity index (χ2n) is 4.85. The van der Waals surface area contributed by atoms with Gasteiger partial charge in [0.1, 0.15) is 0 Å². The van der Waals surface area contributed by atoms with E-state index in [-0.39, 0.29) is 12.5 Å². The van der Waals surface area contributed by atoms with Gasteiger partial charge in [-0.15, -0.1) is 0 Å². The molecule has 0 unspecified atom stereocenters. The number of urea groups is 1. The Bertz CT molecular complexity index is 448. The molecule has 5 nitrogen and oxygen atoms in total. The van der Waals surface area contributed by atoms with Crippen LogP contribution >= 0.6 is 0 Å². The predicted molar refractivity (Wildman–Crippen MR) is 83.6 cm³/mol. The van der Waals surface area contributed by atoms with Gasteiger partial charge >= 0.3 is 12.0 Å². The molecule has 0 radical (unpaired) electrons. The Morgan fingerprint density at radius 3 is 2.29 bits per heavy atom. The largest absolute Gasteiger partial charge is 0.481 e. The number of benzene rings is 1. The molecule has 0 aliphatic rings. The van der Waals surface area contributed by atoms with E-state index in [1.54, 1.807) is 9.80 Å². The summed E-state index contributed by atoms with van der Waals surface area (Å²) in [4.78, 5) is 26.8. The summed E-state index contributed by atoms with van der Waals surface area (Å²) in [6.07, 6.45) is 1.41. The first-order valence-electron chi connectivity index (χ1n) is 7.43. The number of carboxylic acids is 1. The van der Waals surface area contributed by atoms with Crippen LogP contribution in [-0.2, 0) is 4.79 Å². The fraction of sp³-hybridized carbons (Fsp3) is 0.500. The quantitative estimate of drug-likeness (QED) is 0.800. The van der Waals surface area contributed by atoms with Gasteiger partial charge in [0.25, 0.3) is 0 Å². The number of nitrogens with zero attached hydrogens (tertiary/aromatic N) is 2. The van der Waals surface area contributed by atoms with Crippen molar-refractivity contribution in [3.8, 4) is 0 Å². The second kappa shape index (κ2) is 9.00. The lowest BCUT2D eigenvalue weighted by atomic mass is 10.2. The lowest BCUT2D eigenvalue weighted by Gasteiger charge is -2.30. The van der Waals surface area contributed by atoms with Crippen molar-refractivity contribution >= 4 is 17.7 Å². The molecule has 0 aliphatic carbocycles. The van der Waals surface area contributed by atoms with E-state index in [0.717, 1.165) is 12.1 Å². The van der Waals surface area contributed by atoms with Crippen LogP contribution in [0.3, 0.4) is 0 Å². The van der Waals surface area contributed by atoms with E-state index < -0.39 is 5.97 Å². The third-order valence-electron chi connectivity index (χ3n) is 3.22. The fourth-order valence-corrected chi connectivity index (χ4v) is 2.16. The number of rotatable bonds is 8. The fourth-order valence-electron chi connectivity index (χ4n) is 2.16. The van der Waals surface area contributed by atoms with E-state index >= 15 is 0 Å². The van der Waals surface area contributed by atoms with Crippen molar-refractivity contribution in [3.63, 3.8) is 0 Å². The smallest absolute Gasteiger partial charge is 0.324 e. The van der Waals surface area contributed by atoms with Crippen molar-refractivity contribution < 1.29 is 14.7 Å². The van der Waals surface area contributed by atoms with Gasteiger partial charge in [0.05, 0.1) is 0 Å². The number of carbonyl (C=O) groups excluding carboxylic acids is 1. The van der Waals surface area contributed by atoms with Gasteiger partial charge in [0, 0.05) is 31.7 Å². The second-order valence-corrected chi connectivity index (χ2v) is 4.85. The minimum atomic E-state index is -0.837. The highest BCUT2D eigenvalue weighted by molar-refractivity contribution is 5.92. The third kappa shape index (κ3) is 5.45. The molecule has 2 amide bonds. The van der Waals surface area contributed by atoms with Crippen LogP contribution in [0.25, 0.3) is 0 Å². The van der Waals surface area contributed by atoms with Crippen molar-refractivity contribution in [1.29, 1.82) is 0 Å². The molecule has 1 aromatic carbocycles. The van der Waals surface area contributed by atoms with Crippen molar-refractivity contribution in [2.24, 2.45) is 0 Å². The molecule has 0 saturated carbocycles. The van der Waals surface area contributed by atoms with Crippen LogP contribution in [0.4, 0.5) is 10.5 Å². The Kier molecular flexibility index (Phi) is 7.29. The van der Waals surface area contributed by atoms with Gasteiger partial charge in [0.15, 0.2) is 0 Å². The number of carbonyl (C=O) groups is 2. The Labute approximate surface area is 126 Å². The van der Waals surface area contributed by atoms with Crippen LogP contribution in [0.1, 0.15) is 33.1 Å². The van der Waals surface area contributed by atoms with Gasteiger partial charge in [-0.25, -0.2) is 4.79 Å². The minimum Gasteiger partial charge on any atom is -0.481 e. The Morgan fingerprint density at radius 2 is 1.76 bits per heavy atom. The lowest BCUT2D eigenvalue weighted by molar-refractivity contribution is -0.137. The zero-order chi connectivity index (χ0) is 15.7. The summed E-state index contributed by atoms with van der Waals surface area (Å²) in [5.74, 6) is -0.837. The van der Waals surface area contributed by atoms with Crippen molar-refractivity contribution in [3.05, 3.63) is 30.3 Å². The number of anilines is 1. The van der Waals surface area contributed by atoms with Crippen LogP contribution < -0.4 is 4.90 Å². The summed E-state index contributed by atoms with van der Waals surface area (Å²) in [5.41, 5.74) is 0.808. The van der Waals surface area contributed by atoms with E-state index in [2.05, 4.69) is 0 Å². The maximum Gasteiger partial charge on any atom is 0.324 e. The predicted octanol–water partition coefficient (Wildman–Crippen LogP) is 3.21. The number of amides is 2. The van der Waals surface area contributed by atoms with Gasteiger partial charge in [-0.1, -0.05) is 25.1 Å². The number of hydrogen-bond donors (Lipinski definition) is 1. The van der Waals surface area contributed by atoms with E-state index in [1.165, 1.54) is 0 Å². The van der Waals surface area contributed by atoms with Crippen molar-refractivity contribution in [1.82, 2.24) is 4.90 Å². The van der Waals surface area contributed by atoms with Gasteiger partial charge in [-0.3, -0.25) is 9.69 Å². The summed E-state index contributed by atoms with van der Waals surface area (Å²) in [6.45, 7) is 5.75. The summed E-state index contributed by atoms with van der Waals surface area (Å²) < 4.78 is 0. The van der Waals surface area contributed by atoms with Crippen molar-refractivity contribution in [2.75, 3.05) is 24.5 Å². The van der Waals surface area contributed by atoms with E-state index in [9.17, 15) is 9.59 Å². The highest BCUT2D eigenvalue weighted by atomic mass is 16.4. The average molecular weight is 292 g/mol. The highest BCUT2D eigenvalue weighted by Gasteiger charge is 2.20. The SMILES string of the molecule is CCCN(CC)C(=O)N(CCCC(=O)O)c1ccccc1. The maximum atomic E-state index is 12.6. The zero-order valence-electron chi connectivity index (χ0n) is 12.8. The molecule has 0 aromatic heterocycles. The summed E-state index contributed by atoms with van der Waals surface area (Å²) in [7, 11) is 0. The number of hydrogen-bond acceptors (Lipinski definition) is 2. The number of aliphatic carboxylic acids is 1. The molecule has 116 valence electrons. The first kappa shape index (κ1) is 17.0. The van der Waals surface area contributed by atoms with Crippen LogP contribution in [0.2, 0.25) is 0 Å². The van der Waals surface area contributed by atoms with Gasteiger partial charge in [-0.05, 0) is 31.9 Å². The van der Waals surface area contributed by atoms with E-state index in [4.69, 9.17) is 5.11 Å². The Hall–Kier alpha value is -2.04. The molecule has 0 aliphatic heterocycles. The first-order chi connectivity index (χ1) is 10.1. The van der Waals surface area contributed by atoms with Crippen LogP contribution in [0.5, 0.6) is 0 Å². The summed E-state index contributed by atoms with van der Waals surface area (Å²) >= 11 is 0. The molecular formula is C16H24N2O3. The summed E-state index contributed by atoms with van der Waals surface area (Å²) in [6, 6.07) is 9.34. The Balaban J connectivity index is 2.85. The molecule has 0 saturated heterocycles. The molecule has 0 spiro atoms. The van der Waals surface area contributed by atoms with Gasteiger partial charge in [-0.2, -0.15) is 0 Å². The topological polar surface area (TPSA) is 60.9 Å². The Morgan fingerprint density at radius 1 is 1.10 bits per heavy atom. The van der Waals surface area contributed by atoms with Crippen molar-refractivity contribution in [2.45, 2.75) is 33.1 Å². The van der Waals surface area contributed by atoms with Crippen LogP contribution in [0, 0.1) is 0 Å². The first-order valence-corrected chi connectivity index (χ1v) is 7.43. The molecule has 21 heavy (non-hydrogen) atoms. The van der Waals surface area contributed by atoms with E-state index in [0.29, 0.717) is 26.1 Å². The van der Waals surface area contributed by atoms with Crippen LogP contribution in [-0.4, -0.2) is 41.6 Å². The highest BCUT2D eigenvalue weighted by Crippen LogP contribution is 2.16. The zero-order valence-corrected chi connectivity index (χ0v) is 12.8. The van der Waals surface area contributed by atoms with Gasteiger partial charge in [0.2, 0.25) is 0 Å². The maximum absolute atomic E-state index is 12.6. The van der Waals surface area contributed by atoms with Crippen LogP contribution in [0.15, 0.2) is 30.3 Å². The van der Waals surface area contributed by atoms with Gasteiger partial charge < -0.3 is 10.0 Å². The monoisotopic (exact) mass is 292 g/mol. The molecule has 1 aromatic rings. The molecular weight excluding hydrogens is 268 g/mol. The number of carboxylic acid groups (broad SMARTS) is 1. The minimum absolute atomic E-state index is 0.0593. The molecule has 1 rings (SSSR count). The molecule has 1 N–H and O–H groups in total. The number of para-hydroxylation sites is 1. The molecule has 0 heterocycles. The standard InChI is InChI=1S/C16H24N2O3/c1-3-12-17(4-2)16(21)18(13-8-11-15(19)20)14-9-6-5-7-10-14/h5-7,9-10H,3-4,8,11-13H2,1-2H3,(H,19,20). The molecule has 0 fully saturated rings. The normalized spacial score (nSPS) is 10.2.